The zero-order valence-corrected chi connectivity index (χ0v) is 14.0. The Morgan fingerprint density at radius 1 is 1.23 bits per heavy atom. The lowest BCUT2D eigenvalue weighted by atomic mass is 10.2. The summed E-state index contributed by atoms with van der Waals surface area (Å²) in [6.07, 6.45) is 0. The summed E-state index contributed by atoms with van der Waals surface area (Å²) in [6.45, 7) is -0.713. The molecule has 0 radical (unpaired) electrons. The summed E-state index contributed by atoms with van der Waals surface area (Å²) in [5, 5.41) is 2.60. The zero-order valence-electron chi connectivity index (χ0n) is 14.0. The maximum Gasteiger partial charge on any atom is 0.327 e. The Morgan fingerprint density at radius 2 is 2.00 bits per heavy atom. The van der Waals surface area contributed by atoms with E-state index in [0.29, 0.717) is 11.5 Å². The molecule has 10 heteroatoms. The summed E-state index contributed by atoms with van der Waals surface area (Å²) in [5.41, 5.74) is 0.797. The highest BCUT2D eigenvalue weighted by Crippen LogP contribution is 2.32. The van der Waals surface area contributed by atoms with E-state index < -0.39 is 37.0 Å². The monoisotopic (exact) mass is 363 g/mol. The molecule has 0 atom stereocenters. The second-order valence-corrected chi connectivity index (χ2v) is 5.74. The third-order valence-electron chi connectivity index (χ3n) is 3.81. The molecule has 0 spiro atoms. The highest BCUT2D eigenvalue weighted by atomic mass is 16.7. The molecule has 138 valence electrons. The number of rotatable bonds is 6. The minimum Gasteiger partial charge on any atom is -0.454 e. The predicted molar refractivity (Wildman–Crippen MR) is 85.1 cm³/mol. The molecular weight excluding hydrogens is 346 g/mol. The van der Waals surface area contributed by atoms with Crippen molar-refractivity contribution in [2.45, 2.75) is 6.54 Å². The Bertz CT molecular complexity index is 764. The molecule has 0 aromatic heterocycles. The van der Waals surface area contributed by atoms with Gasteiger partial charge in [0.2, 0.25) is 6.79 Å². The van der Waals surface area contributed by atoms with Gasteiger partial charge in [-0.1, -0.05) is 6.07 Å². The van der Waals surface area contributed by atoms with Crippen LogP contribution >= 0.6 is 0 Å². The van der Waals surface area contributed by atoms with Gasteiger partial charge in [-0.15, -0.1) is 0 Å². The largest absolute Gasteiger partial charge is 0.454 e. The fourth-order valence-electron chi connectivity index (χ4n) is 2.45. The van der Waals surface area contributed by atoms with Crippen LogP contribution in [0.15, 0.2) is 18.2 Å². The third kappa shape index (κ3) is 3.85. The number of carbonyl (C=O) groups is 4. The minimum atomic E-state index is -0.833. The number of amides is 4. The van der Waals surface area contributed by atoms with Gasteiger partial charge in [-0.3, -0.25) is 19.3 Å². The highest BCUT2D eigenvalue weighted by Gasteiger charge is 2.35. The van der Waals surface area contributed by atoms with Gasteiger partial charge in [0, 0.05) is 13.6 Å². The number of imide groups is 1. The molecule has 2 heterocycles. The van der Waals surface area contributed by atoms with Crippen molar-refractivity contribution in [2.24, 2.45) is 0 Å². The summed E-state index contributed by atoms with van der Waals surface area (Å²) < 4.78 is 15.2. The standard InChI is InChI=1S/C16H17N3O7/c1-18-6-14(21)19(16(18)23)7-15(22)24-8-13(20)17-5-10-2-3-11-12(4-10)26-9-25-11/h2-4H,5-9H2,1H3,(H,17,20). The van der Waals surface area contributed by atoms with Crippen molar-refractivity contribution in [1.82, 2.24) is 15.1 Å². The van der Waals surface area contributed by atoms with Crippen LogP contribution in [0.25, 0.3) is 0 Å². The number of nitrogens with zero attached hydrogens (tertiary/aromatic N) is 2. The molecule has 3 rings (SSSR count). The van der Waals surface area contributed by atoms with E-state index in [4.69, 9.17) is 14.2 Å². The van der Waals surface area contributed by atoms with Crippen LogP contribution in [-0.2, 0) is 25.7 Å². The van der Waals surface area contributed by atoms with Crippen LogP contribution in [0.1, 0.15) is 5.56 Å². The van der Waals surface area contributed by atoms with Gasteiger partial charge >= 0.3 is 12.0 Å². The van der Waals surface area contributed by atoms with Crippen LogP contribution < -0.4 is 14.8 Å². The molecule has 2 aliphatic rings. The Kier molecular flexibility index (Phi) is 4.92. The van der Waals surface area contributed by atoms with Gasteiger partial charge in [0.05, 0.1) is 0 Å². The number of likely N-dealkylation sites (N-methyl/N-ethyl adjacent to an activating group) is 1. The second-order valence-electron chi connectivity index (χ2n) is 5.74. The number of urea groups is 1. The Balaban J connectivity index is 1.40. The van der Waals surface area contributed by atoms with E-state index in [1.165, 1.54) is 11.9 Å². The van der Waals surface area contributed by atoms with E-state index in [1.54, 1.807) is 18.2 Å². The molecule has 0 unspecified atom stereocenters. The molecule has 1 N–H and O–H groups in total. The molecule has 0 saturated carbocycles. The molecule has 4 amide bonds. The lowest BCUT2D eigenvalue weighted by Crippen LogP contribution is -2.38. The maximum absolute atomic E-state index is 11.8. The van der Waals surface area contributed by atoms with E-state index in [2.05, 4.69) is 5.32 Å². The van der Waals surface area contributed by atoms with Crippen molar-refractivity contribution in [3.63, 3.8) is 0 Å². The van der Waals surface area contributed by atoms with Crippen LogP contribution in [0.3, 0.4) is 0 Å². The smallest absolute Gasteiger partial charge is 0.327 e. The second kappa shape index (κ2) is 7.30. The lowest BCUT2D eigenvalue weighted by molar-refractivity contribution is -0.150. The number of carbonyl (C=O) groups excluding carboxylic acids is 4. The van der Waals surface area contributed by atoms with Gasteiger partial charge in [-0.25, -0.2) is 4.79 Å². The molecule has 0 bridgehead atoms. The maximum atomic E-state index is 11.8. The third-order valence-corrected chi connectivity index (χ3v) is 3.81. The molecule has 2 aliphatic heterocycles. The lowest BCUT2D eigenvalue weighted by Gasteiger charge is -2.13. The molecule has 1 fully saturated rings. The first-order valence-corrected chi connectivity index (χ1v) is 7.80. The Morgan fingerprint density at radius 3 is 2.73 bits per heavy atom. The topological polar surface area (TPSA) is 114 Å². The first-order valence-electron chi connectivity index (χ1n) is 7.80. The molecular formula is C16H17N3O7. The number of ether oxygens (including phenoxy) is 3. The molecule has 0 aliphatic carbocycles. The van der Waals surface area contributed by atoms with Crippen molar-refractivity contribution in [2.75, 3.05) is 33.5 Å². The fourth-order valence-corrected chi connectivity index (χ4v) is 2.45. The Labute approximate surface area is 148 Å². The molecule has 1 aromatic carbocycles. The van der Waals surface area contributed by atoms with Crippen LogP contribution in [0, 0.1) is 0 Å². The summed E-state index contributed by atoms with van der Waals surface area (Å²) >= 11 is 0. The molecule has 1 aromatic rings. The van der Waals surface area contributed by atoms with Crippen LogP contribution in [0.5, 0.6) is 11.5 Å². The van der Waals surface area contributed by atoms with Crippen LogP contribution in [0.2, 0.25) is 0 Å². The van der Waals surface area contributed by atoms with Crippen molar-refractivity contribution in [3.8, 4) is 11.5 Å². The van der Waals surface area contributed by atoms with Crippen molar-refractivity contribution in [1.29, 1.82) is 0 Å². The molecule has 1 saturated heterocycles. The van der Waals surface area contributed by atoms with E-state index >= 15 is 0 Å². The van der Waals surface area contributed by atoms with Crippen LogP contribution in [-0.4, -0.2) is 67.2 Å². The molecule has 10 nitrogen and oxygen atoms in total. The number of fused-ring (bicyclic) bond motifs is 1. The van der Waals surface area contributed by atoms with Gasteiger partial charge in [0.1, 0.15) is 13.1 Å². The highest BCUT2D eigenvalue weighted by molar-refractivity contribution is 6.04. The summed E-state index contributed by atoms with van der Waals surface area (Å²) in [7, 11) is 1.45. The van der Waals surface area contributed by atoms with Gasteiger partial charge in [0.15, 0.2) is 18.1 Å². The Hall–Kier alpha value is -3.30. The van der Waals surface area contributed by atoms with Gasteiger partial charge in [-0.2, -0.15) is 0 Å². The zero-order chi connectivity index (χ0) is 18.7. The van der Waals surface area contributed by atoms with Crippen molar-refractivity contribution in [3.05, 3.63) is 23.8 Å². The summed E-state index contributed by atoms with van der Waals surface area (Å²) in [6, 6.07) is 4.70. The van der Waals surface area contributed by atoms with Crippen LogP contribution in [0.4, 0.5) is 4.79 Å². The van der Waals surface area contributed by atoms with E-state index in [9.17, 15) is 19.2 Å². The van der Waals surface area contributed by atoms with Crippen molar-refractivity contribution < 1.29 is 33.4 Å². The number of nitrogens with one attached hydrogen (secondary N) is 1. The van der Waals surface area contributed by atoms with Gasteiger partial charge in [-0.05, 0) is 17.7 Å². The van der Waals surface area contributed by atoms with E-state index in [-0.39, 0.29) is 19.9 Å². The minimum absolute atomic E-state index is 0.0812. The summed E-state index contributed by atoms with van der Waals surface area (Å²) in [5.74, 6) is -0.576. The first-order chi connectivity index (χ1) is 12.4. The number of benzene rings is 1. The first kappa shape index (κ1) is 17.5. The average molecular weight is 363 g/mol. The van der Waals surface area contributed by atoms with Crippen molar-refractivity contribution >= 4 is 23.8 Å². The number of hydrogen-bond donors (Lipinski definition) is 1. The quantitative estimate of drug-likeness (QED) is 0.534. The average Bonchev–Trinajstić information content (AvgIpc) is 3.17. The fraction of sp³-hybridized carbons (Fsp3) is 0.375. The number of hydrogen-bond acceptors (Lipinski definition) is 7. The number of esters is 1. The summed E-state index contributed by atoms with van der Waals surface area (Å²) in [4.78, 5) is 48.7. The molecule has 26 heavy (non-hydrogen) atoms. The van der Waals surface area contributed by atoms with E-state index in [1.807, 2.05) is 0 Å². The predicted octanol–water partition coefficient (Wildman–Crippen LogP) is -0.531. The normalized spacial score (nSPS) is 15.4. The van der Waals surface area contributed by atoms with Gasteiger partial charge < -0.3 is 24.4 Å². The van der Waals surface area contributed by atoms with E-state index in [0.717, 1.165) is 10.5 Å². The van der Waals surface area contributed by atoms with Gasteiger partial charge in [0.25, 0.3) is 11.8 Å². The SMILES string of the molecule is CN1CC(=O)N(CC(=O)OCC(=O)NCc2ccc3c(c2)OCO3)C1=O.